The summed E-state index contributed by atoms with van der Waals surface area (Å²) in [5.74, 6) is -1.50. The number of rotatable bonds is 10. The number of benzene rings is 2. The molecule has 1 aliphatic carbocycles. The number of hydrogen-bond acceptors (Lipinski definition) is 5. The van der Waals surface area contributed by atoms with Crippen molar-refractivity contribution in [1.82, 2.24) is 10.6 Å². The van der Waals surface area contributed by atoms with Gasteiger partial charge in [0.2, 0.25) is 5.91 Å². The van der Waals surface area contributed by atoms with E-state index in [0.29, 0.717) is 0 Å². The summed E-state index contributed by atoms with van der Waals surface area (Å²) < 4.78 is 5.52. The minimum absolute atomic E-state index is 0.0285. The van der Waals surface area contributed by atoms with E-state index >= 15 is 0 Å². The normalized spacial score (nSPS) is 13.5. The summed E-state index contributed by atoms with van der Waals surface area (Å²) in [6, 6.07) is 16.2. The van der Waals surface area contributed by atoms with Crippen LogP contribution < -0.4 is 10.6 Å². The summed E-state index contributed by atoms with van der Waals surface area (Å²) in [5.41, 5.74) is 4.01. The number of carbonyl (C=O) groups is 3. The summed E-state index contributed by atoms with van der Waals surface area (Å²) >= 11 is 0. The van der Waals surface area contributed by atoms with Crippen LogP contribution in [0.2, 0.25) is 0 Å². The molecular formula is C25H30N2O6. The van der Waals surface area contributed by atoms with Crippen LogP contribution in [0.1, 0.15) is 43.7 Å². The van der Waals surface area contributed by atoms with E-state index in [-0.39, 0.29) is 37.9 Å². The van der Waals surface area contributed by atoms with Gasteiger partial charge in [-0.3, -0.25) is 9.59 Å². The number of carbonyl (C=O) groups excluding carboxylic acids is 2. The lowest BCUT2D eigenvalue weighted by atomic mass is 9.89. The number of hydrogen-bond donors (Lipinski definition) is 4. The van der Waals surface area contributed by atoms with Gasteiger partial charge in [-0.1, -0.05) is 62.4 Å². The minimum Gasteiger partial charge on any atom is -0.481 e. The number of fused-ring (bicyclic) bond motifs is 3. The quantitative estimate of drug-likeness (QED) is 0.438. The molecule has 0 heterocycles. The van der Waals surface area contributed by atoms with Gasteiger partial charge in [-0.15, -0.1) is 0 Å². The maximum absolute atomic E-state index is 12.4. The Kier molecular flexibility index (Phi) is 7.71. The first-order valence-electron chi connectivity index (χ1n) is 10.9. The van der Waals surface area contributed by atoms with Gasteiger partial charge < -0.3 is 25.6 Å². The number of aliphatic hydroxyl groups excluding tert-OH is 1. The zero-order valence-corrected chi connectivity index (χ0v) is 18.8. The molecule has 2 amide bonds. The average Bonchev–Trinajstić information content (AvgIpc) is 3.08. The Balaban J connectivity index is 1.46. The molecule has 1 unspecified atom stereocenters. The first-order chi connectivity index (χ1) is 15.7. The molecule has 33 heavy (non-hydrogen) atoms. The van der Waals surface area contributed by atoms with E-state index in [1.54, 1.807) is 0 Å². The Bertz CT molecular complexity index is 974. The third-order valence-electron chi connectivity index (χ3n) is 5.64. The van der Waals surface area contributed by atoms with E-state index in [1.165, 1.54) is 0 Å². The van der Waals surface area contributed by atoms with E-state index in [4.69, 9.17) is 9.84 Å². The van der Waals surface area contributed by atoms with Crippen molar-refractivity contribution >= 4 is 18.0 Å². The molecule has 4 N–H and O–H groups in total. The molecule has 3 rings (SSSR count). The molecule has 0 fully saturated rings. The molecule has 0 bridgehead atoms. The van der Waals surface area contributed by atoms with Crippen molar-refractivity contribution in [3.05, 3.63) is 59.7 Å². The number of alkyl carbamates (subject to hydrolysis) is 1. The highest BCUT2D eigenvalue weighted by atomic mass is 16.5. The molecule has 0 saturated carbocycles. The predicted octanol–water partition coefficient (Wildman–Crippen LogP) is 2.89. The summed E-state index contributed by atoms with van der Waals surface area (Å²) in [5, 5.41) is 23.4. The van der Waals surface area contributed by atoms with Gasteiger partial charge in [-0.25, -0.2) is 4.79 Å². The van der Waals surface area contributed by atoms with Gasteiger partial charge in [0.15, 0.2) is 0 Å². The molecule has 0 saturated heterocycles. The molecule has 0 spiro atoms. The van der Waals surface area contributed by atoms with Gasteiger partial charge in [-0.2, -0.15) is 0 Å². The Labute approximate surface area is 193 Å². The highest BCUT2D eigenvalue weighted by molar-refractivity contribution is 5.79. The third-order valence-corrected chi connectivity index (χ3v) is 5.64. The van der Waals surface area contributed by atoms with Crippen LogP contribution in [-0.2, 0) is 14.3 Å². The van der Waals surface area contributed by atoms with E-state index in [1.807, 2.05) is 38.1 Å². The second-order valence-corrected chi connectivity index (χ2v) is 9.08. The standard InChI is InChI=1S/C25H30N2O6/c1-25(2,12-22(29)26-13-16(28)11-23(30)31)15-27-24(32)33-14-21-19-9-5-3-7-17(19)18-8-4-6-10-20(18)21/h3-10,16,21,28H,11-15H2,1-2H3,(H,26,29)(H,27,32)(H,30,31). The summed E-state index contributed by atoms with van der Waals surface area (Å²) in [6.45, 7) is 3.94. The molecule has 0 aromatic heterocycles. The number of carboxylic acids is 1. The molecule has 2 aromatic rings. The smallest absolute Gasteiger partial charge is 0.407 e. The highest BCUT2D eigenvalue weighted by Gasteiger charge is 2.29. The number of nitrogens with one attached hydrogen (secondary N) is 2. The number of ether oxygens (including phenoxy) is 1. The van der Waals surface area contributed by atoms with Gasteiger partial charge in [-0.05, 0) is 27.7 Å². The summed E-state index contributed by atoms with van der Waals surface area (Å²) in [6.07, 6.45) is -2.04. The molecular weight excluding hydrogens is 424 g/mol. The van der Waals surface area contributed by atoms with Crippen LogP contribution in [0.15, 0.2) is 48.5 Å². The lowest BCUT2D eigenvalue weighted by molar-refractivity contribution is -0.139. The maximum Gasteiger partial charge on any atom is 0.407 e. The maximum atomic E-state index is 12.4. The monoisotopic (exact) mass is 454 g/mol. The van der Waals surface area contributed by atoms with E-state index in [9.17, 15) is 19.5 Å². The van der Waals surface area contributed by atoms with Crippen molar-refractivity contribution in [2.75, 3.05) is 19.7 Å². The fourth-order valence-corrected chi connectivity index (χ4v) is 4.03. The van der Waals surface area contributed by atoms with E-state index in [2.05, 4.69) is 34.9 Å². The van der Waals surface area contributed by atoms with Crippen molar-refractivity contribution in [3.63, 3.8) is 0 Å². The van der Waals surface area contributed by atoms with Gasteiger partial charge in [0.25, 0.3) is 0 Å². The van der Waals surface area contributed by atoms with Crippen LogP contribution in [0.4, 0.5) is 4.79 Å². The summed E-state index contributed by atoms with van der Waals surface area (Å²) in [4.78, 5) is 35.0. The Morgan fingerprint density at radius 3 is 2.15 bits per heavy atom. The largest absolute Gasteiger partial charge is 0.481 e. The third kappa shape index (κ3) is 6.55. The SMILES string of the molecule is CC(C)(CNC(=O)OCC1c2ccccc2-c2ccccc21)CC(=O)NCC(O)CC(=O)O. The molecule has 8 nitrogen and oxygen atoms in total. The Morgan fingerprint density at radius 2 is 1.58 bits per heavy atom. The van der Waals surface area contributed by atoms with Crippen LogP contribution in [0.5, 0.6) is 0 Å². The highest BCUT2D eigenvalue weighted by Crippen LogP contribution is 2.44. The van der Waals surface area contributed by atoms with E-state index < -0.39 is 30.0 Å². The number of amides is 2. The second-order valence-electron chi connectivity index (χ2n) is 9.08. The molecule has 176 valence electrons. The zero-order chi connectivity index (χ0) is 24.0. The molecule has 0 radical (unpaired) electrons. The fraction of sp³-hybridized carbons (Fsp3) is 0.400. The minimum atomic E-state index is -1.14. The predicted molar refractivity (Wildman–Crippen MR) is 123 cm³/mol. The van der Waals surface area contributed by atoms with Crippen LogP contribution in [0.25, 0.3) is 11.1 Å². The van der Waals surface area contributed by atoms with Crippen molar-refractivity contribution in [2.45, 2.75) is 38.7 Å². The van der Waals surface area contributed by atoms with Gasteiger partial charge >= 0.3 is 12.1 Å². The van der Waals surface area contributed by atoms with Gasteiger partial charge in [0, 0.05) is 25.4 Å². The van der Waals surface area contributed by atoms with Crippen molar-refractivity contribution in [1.29, 1.82) is 0 Å². The number of carboxylic acid groups (broad SMARTS) is 1. The molecule has 1 aliphatic rings. The molecule has 1 atom stereocenters. The van der Waals surface area contributed by atoms with Gasteiger partial charge in [0.05, 0.1) is 12.5 Å². The van der Waals surface area contributed by atoms with Crippen LogP contribution in [0, 0.1) is 5.41 Å². The molecule has 8 heteroatoms. The first kappa shape index (κ1) is 24.3. The van der Waals surface area contributed by atoms with Crippen molar-refractivity contribution < 1.29 is 29.3 Å². The van der Waals surface area contributed by atoms with Gasteiger partial charge in [0.1, 0.15) is 6.61 Å². The van der Waals surface area contributed by atoms with E-state index in [0.717, 1.165) is 22.3 Å². The number of aliphatic carboxylic acids is 1. The lowest BCUT2D eigenvalue weighted by Gasteiger charge is -2.24. The van der Waals surface area contributed by atoms with Crippen LogP contribution in [-0.4, -0.2) is 54.0 Å². The molecule has 0 aliphatic heterocycles. The van der Waals surface area contributed by atoms with Crippen molar-refractivity contribution in [3.8, 4) is 11.1 Å². The van der Waals surface area contributed by atoms with Crippen LogP contribution >= 0.6 is 0 Å². The van der Waals surface area contributed by atoms with Crippen LogP contribution in [0.3, 0.4) is 0 Å². The zero-order valence-electron chi connectivity index (χ0n) is 18.8. The Morgan fingerprint density at radius 1 is 1.00 bits per heavy atom. The fourth-order valence-electron chi connectivity index (χ4n) is 4.03. The molecule has 2 aromatic carbocycles. The van der Waals surface area contributed by atoms with Crippen molar-refractivity contribution in [2.24, 2.45) is 5.41 Å². The number of aliphatic hydroxyl groups is 1. The second kappa shape index (κ2) is 10.5. The topological polar surface area (TPSA) is 125 Å². The Hall–Kier alpha value is -3.39. The average molecular weight is 455 g/mol. The first-order valence-corrected chi connectivity index (χ1v) is 10.9. The lowest BCUT2D eigenvalue weighted by Crippen LogP contribution is -2.40. The summed E-state index contributed by atoms with van der Waals surface area (Å²) in [7, 11) is 0.